The van der Waals surface area contributed by atoms with Gasteiger partial charge in [0.1, 0.15) is 17.0 Å². The van der Waals surface area contributed by atoms with Gasteiger partial charge in [-0.1, -0.05) is 170 Å². The number of hydrogen-bond donors (Lipinski definition) is 1. The predicted octanol–water partition coefficient (Wildman–Crippen LogP) is 15.6. The summed E-state index contributed by atoms with van der Waals surface area (Å²) in [6.07, 6.45) is 22.5. The molecule has 4 aromatic rings. The Morgan fingerprint density at radius 2 is 1.22 bits per heavy atom. The van der Waals surface area contributed by atoms with E-state index in [-0.39, 0.29) is 33.4 Å². The summed E-state index contributed by atoms with van der Waals surface area (Å²) >= 11 is 0. The summed E-state index contributed by atoms with van der Waals surface area (Å²) in [6.45, 7) is 22.8. The molecule has 0 saturated carbocycles. The van der Waals surface area contributed by atoms with E-state index in [4.69, 9.17) is 13.9 Å². The average molecular weight is 1020 g/mol. The minimum absolute atomic E-state index is 0.000954. The molecule has 72 heavy (non-hydrogen) atoms. The molecule has 3 aromatic carbocycles. The molecule has 1 aromatic heterocycles. The van der Waals surface area contributed by atoms with Crippen molar-refractivity contribution in [2.24, 2.45) is 0 Å². The zero-order valence-corrected chi connectivity index (χ0v) is 47.3. The summed E-state index contributed by atoms with van der Waals surface area (Å²) in [5.74, 6) is 0.448. The molecule has 1 heterocycles. The number of carbonyl (C=O) groups excluding carboxylic acids is 2. The molecule has 12 heteroatoms. The van der Waals surface area contributed by atoms with Crippen molar-refractivity contribution >= 4 is 38.6 Å². The van der Waals surface area contributed by atoms with E-state index in [1.807, 2.05) is 19.9 Å². The zero-order valence-electron chi connectivity index (χ0n) is 46.5. The number of oxazole rings is 1. The van der Waals surface area contributed by atoms with Crippen molar-refractivity contribution in [2.45, 2.75) is 232 Å². The summed E-state index contributed by atoms with van der Waals surface area (Å²) in [7, 11) is -2.11. The van der Waals surface area contributed by atoms with E-state index in [0.717, 1.165) is 56.3 Å². The second kappa shape index (κ2) is 30.1. The van der Waals surface area contributed by atoms with Gasteiger partial charge in [0, 0.05) is 44.0 Å². The number of nitrogens with one attached hydrogen (secondary N) is 1. The normalized spacial score (nSPS) is 13.1. The van der Waals surface area contributed by atoms with E-state index in [1.165, 1.54) is 105 Å². The number of nitrogens with zero attached hydrogens (tertiary/aromatic N) is 3. The molecule has 0 aliphatic carbocycles. The van der Waals surface area contributed by atoms with Crippen molar-refractivity contribution in [3.8, 4) is 11.5 Å². The van der Waals surface area contributed by atoms with E-state index < -0.39 is 22.2 Å². The van der Waals surface area contributed by atoms with Gasteiger partial charge < -0.3 is 24.1 Å². The Hall–Kier alpha value is -4.42. The molecule has 0 bridgehead atoms. The smallest absolute Gasteiger partial charge is 0.273 e. The fourth-order valence-electron chi connectivity index (χ4n) is 9.04. The maximum atomic E-state index is 14.1. The van der Waals surface area contributed by atoms with Crippen LogP contribution in [0.1, 0.15) is 227 Å². The third-order valence-electron chi connectivity index (χ3n) is 14.9. The third-order valence-corrected chi connectivity index (χ3v) is 16.8. The number of ether oxygens (including phenoxy) is 2. The molecule has 0 fully saturated rings. The van der Waals surface area contributed by atoms with Crippen LogP contribution < -0.4 is 14.8 Å². The second-order valence-corrected chi connectivity index (χ2v) is 23.3. The molecule has 2 atom stereocenters. The van der Waals surface area contributed by atoms with E-state index in [2.05, 4.69) is 77.8 Å². The van der Waals surface area contributed by atoms with Crippen LogP contribution in [0.4, 0.5) is 5.69 Å². The average Bonchev–Trinajstić information content (AvgIpc) is 3.80. The van der Waals surface area contributed by atoms with Crippen molar-refractivity contribution in [1.82, 2.24) is 14.2 Å². The van der Waals surface area contributed by atoms with Crippen molar-refractivity contribution in [2.75, 3.05) is 32.0 Å². The summed E-state index contributed by atoms with van der Waals surface area (Å²) in [4.78, 5) is 34.6. The number of carbonyl (C=O) groups is 2. The minimum atomic E-state index is -3.73. The number of amides is 2. The Kier molecular flexibility index (Phi) is 25.1. The van der Waals surface area contributed by atoms with Crippen molar-refractivity contribution in [3.63, 3.8) is 0 Å². The SMILES string of the molecule is CCCCCCCCCCCCCCCCCCN(C)S(=O)(=O)c1ccc(OC(C(=O)N(CC)CC)c2nc3ccc(NC(=O)C(CCCC)Oc4ccc(C(C)(C)CC)cc4C(C)(C)CC)cc3o2)cc1. The highest BCUT2D eigenvalue weighted by Gasteiger charge is 2.33. The molecule has 402 valence electrons. The van der Waals surface area contributed by atoms with Gasteiger partial charge in [-0.2, -0.15) is 0 Å². The first-order valence-electron chi connectivity index (χ1n) is 28.0. The fourth-order valence-corrected chi connectivity index (χ4v) is 10.2. The van der Waals surface area contributed by atoms with E-state index in [0.29, 0.717) is 48.6 Å². The molecule has 2 unspecified atom stereocenters. The Morgan fingerprint density at radius 3 is 1.76 bits per heavy atom. The van der Waals surface area contributed by atoms with Crippen LogP contribution in [0.15, 0.2) is 70.0 Å². The molecule has 0 aliphatic rings. The highest BCUT2D eigenvalue weighted by atomic mass is 32.2. The van der Waals surface area contributed by atoms with Gasteiger partial charge in [-0.05, 0) is 105 Å². The first kappa shape index (κ1) is 60.1. The van der Waals surface area contributed by atoms with Crippen molar-refractivity contribution < 1.29 is 31.9 Å². The number of unbranched alkanes of at least 4 members (excludes halogenated alkanes) is 16. The zero-order chi connectivity index (χ0) is 52.7. The van der Waals surface area contributed by atoms with Crippen LogP contribution in [0, 0.1) is 0 Å². The second-order valence-electron chi connectivity index (χ2n) is 21.3. The molecule has 1 N–H and O–H groups in total. The lowest BCUT2D eigenvalue weighted by atomic mass is 9.76. The molecular weight excluding hydrogens is 921 g/mol. The van der Waals surface area contributed by atoms with Crippen molar-refractivity contribution in [1.29, 1.82) is 0 Å². The maximum absolute atomic E-state index is 14.1. The van der Waals surface area contributed by atoms with Crippen LogP contribution in [0.2, 0.25) is 0 Å². The van der Waals surface area contributed by atoms with Gasteiger partial charge in [0.25, 0.3) is 17.9 Å². The standard InChI is InChI=1S/C60H94N4O7S/c1-12-18-20-21-22-23-24-25-26-27-28-29-30-31-32-33-43-63(11)72(67,68)49-39-37-48(38-40-49)69-55(58(66)64(16-5)17-6)57-62-51-41-36-47(45-54(51)71-57)61-56(65)53(34-19-13-2)70-52-42-35-46(59(7,8)14-3)44-50(52)60(9,10)15-4/h35-42,44-45,53,55H,12-34,43H2,1-11H3,(H,61,65). The van der Waals surface area contributed by atoms with Gasteiger partial charge in [-0.3, -0.25) is 9.59 Å². The Balaban J connectivity index is 1.39. The Morgan fingerprint density at radius 1 is 0.667 bits per heavy atom. The van der Waals surface area contributed by atoms with E-state index in [9.17, 15) is 18.0 Å². The number of benzene rings is 3. The minimum Gasteiger partial charge on any atom is -0.480 e. The molecule has 11 nitrogen and oxygen atoms in total. The summed E-state index contributed by atoms with van der Waals surface area (Å²) in [6, 6.07) is 17.8. The molecule has 2 amide bonds. The van der Waals surface area contributed by atoms with Gasteiger partial charge in [-0.15, -0.1) is 0 Å². The maximum Gasteiger partial charge on any atom is 0.273 e. The number of anilines is 1. The number of hydrogen-bond acceptors (Lipinski definition) is 8. The van der Waals surface area contributed by atoms with Gasteiger partial charge in [0.15, 0.2) is 11.7 Å². The lowest BCUT2D eigenvalue weighted by Crippen LogP contribution is -2.37. The Labute approximate surface area is 436 Å². The number of aromatic nitrogens is 1. The molecule has 0 aliphatic heterocycles. The summed E-state index contributed by atoms with van der Waals surface area (Å²) < 4.78 is 47.9. The van der Waals surface area contributed by atoms with E-state index in [1.54, 1.807) is 42.3 Å². The van der Waals surface area contributed by atoms with Crippen LogP contribution in [-0.2, 0) is 30.4 Å². The molecular formula is C60H94N4O7S. The van der Waals surface area contributed by atoms with E-state index >= 15 is 0 Å². The van der Waals surface area contributed by atoms with Crippen LogP contribution in [-0.4, -0.2) is 67.2 Å². The third kappa shape index (κ3) is 17.9. The first-order valence-corrected chi connectivity index (χ1v) is 29.4. The highest BCUT2D eigenvalue weighted by molar-refractivity contribution is 7.89. The Bertz CT molecular complexity index is 2340. The van der Waals surface area contributed by atoms with Gasteiger partial charge in [0.05, 0.1) is 4.90 Å². The molecule has 0 saturated heterocycles. The summed E-state index contributed by atoms with van der Waals surface area (Å²) in [5, 5.41) is 3.07. The predicted molar refractivity (Wildman–Crippen MR) is 297 cm³/mol. The monoisotopic (exact) mass is 1010 g/mol. The van der Waals surface area contributed by atoms with Crippen LogP contribution >= 0.6 is 0 Å². The molecule has 4 rings (SSSR count). The first-order chi connectivity index (χ1) is 34.5. The quantitative estimate of drug-likeness (QED) is 0.0446. The molecule has 0 radical (unpaired) electrons. The lowest BCUT2D eigenvalue weighted by molar-refractivity contribution is -0.139. The van der Waals surface area contributed by atoms with Crippen LogP contribution in [0.3, 0.4) is 0 Å². The highest BCUT2D eigenvalue weighted by Crippen LogP contribution is 2.39. The number of sulfonamides is 1. The number of rotatable bonds is 36. The number of fused-ring (bicyclic) bond motifs is 1. The van der Waals surface area contributed by atoms with Crippen LogP contribution in [0.25, 0.3) is 11.1 Å². The largest absolute Gasteiger partial charge is 0.480 e. The molecule has 0 spiro atoms. The van der Waals surface area contributed by atoms with Gasteiger partial charge in [-0.25, -0.2) is 17.7 Å². The summed E-state index contributed by atoms with van der Waals surface area (Å²) in [5.41, 5.74) is 3.52. The van der Waals surface area contributed by atoms with Gasteiger partial charge in [0.2, 0.25) is 15.9 Å². The van der Waals surface area contributed by atoms with Crippen molar-refractivity contribution in [3.05, 3.63) is 77.7 Å². The van der Waals surface area contributed by atoms with Gasteiger partial charge >= 0.3 is 0 Å². The lowest BCUT2D eigenvalue weighted by Gasteiger charge is -2.31. The van der Waals surface area contributed by atoms with Crippen LogP contribution in [0.5, 0.6) is 11.5 Å². The topological polar surface area (TPSA) is 131 Å². The number of likely N-dealkylation sites (N-methyl/N-ethyl adjacent to an activating group) is 1. The fraction of sp³-hybridized carbons (Fsp3) is 0.650.